The summed E-state index contributed by atoms with van der Waals surface area (Å²) >= 11 is 0. The van der Waals surface area contributed by atoms with Crippen LogP contribution < -0.4 is 9.62 Å². The number of aryl methyl sites for hydroxylation is 1. The predicted molar refractivity (Wildman–Crippen MR) is 105 cm³/mol. The topological polar surface area (TPSA) is 83.5 Å². The van der Waals surface area contributed by atoms with Crippen LogP contribution in [-0.2, 0) is 19.9 Å². The molecule has 0 aliphatic carbocycles. The number of benzene rings is 2. The van der Waals surface area contributed by atoms with Crippen molar-refractivity contribution in [1.82, 2.24) is 4.72 Å². The van der Waals surface area contributed by atoms with Crippen molar-refractivity contribution in [3.8, 4) is 0 Å². The molecule has 0 heterocycles. The van der Waals surface area contributed by atoms with E-state index in [0.29, 0.717) is 5.56 Å². The first-order valence-electron chi connectivity index (χ1n) is 8.03. The molecule has 2 aromatic carbocycles. The van der Waals surface area contributed by atoms with Gasteiger partial charge in [-0.25, -0.2) is 21.6 Å². The number of nitrogens with one attached hydrogen (secondary N) is 1. The highest BCUT2D eigenvalue weighted by atomic mass is 32.2. The summed E-state index contributed by atoms with van der Waals surface area (Å²) in [6, 6.07) is 13.6. The molecule has 26 heavy (non-hydrogen) atoms. The van der Waals surface area contributed by atoms with E-state index in [2.05, 4.69) is 4.72 Å². The molecule has 0 fully saturated rings. The van der Waals surface area contributed by atoms with Gasteiger partial charge in [-0.05, 0) is 36.8 Å². The van der Waals surface area contributed by atoms with Crippen LogP contribution in [-0.4, -0.2) is 43.7 Å². The van der Waals surface area contributed by atoms with Gasteiger partial charge < -0.3 is 4.90 Å². The molecule has 1 N–H and O–H groups in total. The summed E-state index contributed by atoms with van der Waals surface area (Å²) in [5.74, 6) is 0. The Kier molecular flexibility index (Phi) is 6.10. The largest absolute Gasteiger partial charge is 0.378 e. The fraction of sp³-hybridized carbons (Fsp3) is 0.333. The van der Waals surface area contributed by atoms with Gasteiger partial charge in [0.25, 0.3) is 0 Å². The zero-order valence-corrected chi connectivity index (χ0v) is 16.9. The average molecular weight is 397 g/mol. The van der Waals surface area contributed by atoms with E-state index in [4.69, 9.17) is 0 Å². The lowest BCUT2D eigenvalue weighted by molar-refractivity contribution is 0.571. The maximum absolute atomic E-state index is 13.1. The standard InChI is InChI=1S/C18H24N2O4S2/c1-14-5-11-17(12-6-14)26(23,24)18(13-19-25(4,21)22)15-7-9-16(10-8-15)20(2)3/h5-12,18-19H,13H2,1-4H3/t18-/m1/s1. The minimum absolute atomic E-state index is 0.167. The van der Waals surface area contributed by atoms with Crippen molar-refractivity contribution >= 4 is 25.5 Å². The number of hydrogen-bond acceptors (Lipinski definition) is 5. The minimum atomic E-state index is -3.77. The second-order valence-corrected chi connectivity index (χ2v) is 10.4. The Morgan fingerprint density at radius 1 is 0.923 bits per heavy atom. The van der Waals surface area contributed by atoms with E-state index in [1.54, 1.807) is 36.4 Å². The van der Waals surface area contributed by atoms with Gasteiger partial charge in [-0.3, -0.25) is 0 Å². The summed E-state index contributed by atoms with van der Waals surface area (Å²) in [5, 5.41) is -1.02. The molecule has 2 rings (SSSR count). The van der Waals surface area contributed by atoms with Crippen molar-refractivity contribution in [2.45, 2.75) is 17.1 Å². The van der Waals surface area contributed by atoms with E-state index in [-0.39, 0.29) is 11.4 Å². The lowest BCUT2D eigenvalue weighted by Crippen LogP contribution is -2.31. The molecule has 0 unspecified atom stereocenters. The van der Waals surface area contributed by atoms with Crippen LogP contribution in [0.1, 0.15) is 16.4 Å². The lowest BCUT2D eigenvalue weighted by Gasteiger charge is -2.20. The van der Waals surface area contributed by atoms with Gasteiger partial charge in [0.15, 0.2) is 9.84 Å². The first kappa shape index (κ1) is 20.4. The molecule has 0 saturated heterocycles. The summed E-state index contributed by atoms with van der Waals surface area (Å²) in [4.78, 5) is 2.07. The van der Waals surface area contributed by atoms with Crippen LogP contribution in [0, 0.1) is 6.92 Å². The molecule has 0 aliphatic rings. The smallest absolute Gasteiger partial charge is 0.208 e. The maximum Gasteiger partial charge on any atom is 0.208 e. The molecule has 0 amide bonds. The zero-order chi connectivity index (χ0) is 19.5. The third kappa shape index (κ3) is 5.06. The monoisotopic (exact) mass is 396 g/mol. The Bertz CT molecular complexity index is 949. The molecule has 6 nitrogen and oxygen atoms in total. The van der Waals surface area contributed by atoms with Crippen LogP contribution in [0.3, 0.4) is 0 Å². The number of anilines is 1. The highest BCUT2D eigenvalue weighted by molar-refractivity contribution is 7.92. The zero-order valence-electron chi connectivity index (χ0n) is 15.3. The van der Waals surface area contributed by atoms with Crippen LogP contribution in [0.5, 0.6) is 0 Å². The Balaban J connectivity index is 2.47. The van der Waals surface area contributed by atoms with E-state index in [0.717, 1.165) is 17.5 Å². The number of sulfone groups is 1. The quantitative estimate of drug-likeness (QED) is 0.775. The highest BCUT2D eigenvalue weighted by Crippen LogP contribution is 2.30. The van der Waals surface area contributed by atoms with Crippen molar-refractivity contribution < 1.29 is 16.8 Å². The highest BCUT2D eigenvalue weighted by Gasteiger charge is 2.30. The molecular weight excluding hydrogens is 372 g/mol. The average Bonchev–Trinajstić information content (AvgIpc) is 2.54. The van der Waals surface area contributed by atoms with E-state index in [1.165, 1.54) is 0 Å². The van der Waals surface area contributed by atoms with Crippen molar-refractivity contribution in [3.05, 3.63) is 59.7 Å². The number of hydrogen-bond donors (Lipinski definition) is 1. The Hall–Kier alpha value is -1.90. The van der Waals surface area contributed by atoms with Gasteiger partial charge in [0.1, 0.15) is 5.25 Å². The molecule has 0 saturated carbocycles. The second kappa shape index (κ2) is 7.77. The van der Waals surface area contributed by atoms with Gasteiger partial charge >= 0.3 is 0 Å². The summed E-state index contributed by atoms with van der Waals surface area (Å²) in [6.07, 6.45) is 1.01. The summed E-state index contributed by atoms with van der Waals surface area (Å²) in [6.45, 7) is 1.65. The molecule has 0 radical (unpaired) electrons. The van der Waals surface area contributed by atoms with Crippen LogP contribution in [0.15, 0.2) is 53.4 Å². The third-order valence-corrected chi connectivity index (χ3v) is 6.84. The molecule has 142 valence electrons. The minimum Gasteiger partial charge on any atom is -0.378 e. The van der Waals surface area contributed by atoms with Gasteiger partial charge in [0, 0.05) is 26.3 Å². The van der Waals surface area contributed by atoms with E-state index >= 15 is 0 Å². The van der Waals surface area contributed by atoms with E-state index < -0.39 is 25.1 Å². The van der Waals surface area contributed by atoms with Crippen molar-refractivity contribution in [3.63, 3.8) is 0 Å². The maximum atomic E-state index is 13.1. The van der Waals surface area contributed by atoms with Crippen molar-refractivity contribution in [2.75, 3.05) is 31.8 Å². The summed E-state index contributed by atoms with van der Waals surface area (Å²) in [5.41, 5.74) is 2.41. The van der Waals surface area contributed by atoms with Crippen LogP contribution in [0.25, 0.3) is 0 Å². The molecule has 2 aromatic rings. The predicted octanol–water partition coefficient (Wildman–Crippen LogP) is 2.13. The first-order valence-corrected chi connectivity index (χ1v) is 11.5. The molecular formula is C18H24N2O4S2. The lowest BCUT2D eigenvalue weighted by atomic mass is 10.1. The Morgan fingerprint density at radius 2 is 1.46 bits per heavy atom. The Labute approximate surface area is 155 Å². The SMILES string of the molecule is Cc1ccc(S(=O)(=O)[C@H](CNS(C)(=O)=O)c2ccc(N(C)C)cc2)cc1. The second-order valence-electron chi connectivity index (χ2n) is 6.45. The Morgan fingerprint density at radius 3 is 1.92 bits per heavy atom. The van der Waals surface area contributed by atoms with Gasteiger partial charge in [0.05, 0.1) is 11.2 Å². The molecule has 0 bridgehead atoms. The van der Waals surface area contributed by atoms with Crippen molar-refractivity contribution in [2.24, 2.45) is 0 Å². The molecule has 8 heteroatoms. The fourth-order valence-electron chi connectivity index (χ4n) is 2.51. The normalized spacial score (nSPS) is 13.4. The molecule has 0 spiro atoms. The summed E-state index contributed by atoms with van der Waals surface area (Å²) in [7, 11) is -3.51. The van der Waals surface area contributed by atoms with Gasteiger partial charge in [-0.15, -0.1) is 0 Å². The van der Waals surface area contributed by atoms with Gasteiger partial charge in [0.2, 0.25) is 10.0 Å². The third-order valence-electron chi connectivity index (χ3n) is 4.04. The summed E-state index contributed by atoms with van der Waals surface area (Å²) < 4.78 is 51.6. The van der Waals surface area contributed by atoms with E-state index in [9.17, 15) is 16.8 Å². The van der Waals surface area contributed by atoms with Crippen molar-refractivity contribution in [1.29, 1.82) is 0 Å². The molecule has 1 atom stereocenters. The van der Waals surface area contributed by atoms with Crippen LogP contribution in [0.2, 0.25) is 0 Å². The van der Waals surface area contributed by atoms with Gasteiger partial charge in [-0.2, -0.15) is 0 Å². The number of rotatable bonds is 7. The molecule has 0 aliphatic heterocycles. The van der Waals surface area contributed by atoms with E-state index in [1.807, 2.05) is 38.1 Å². The number of sulfonamides is 1. The fourth-order valence-corrected chi connectivity index (χ4v) is 4.75. The molecule has 0 aromatic heterocycles. The number of nitrogens with zero attached hydrogens (tertiary/aromatic N) is 1. The van der Waals surface area contributed by atoms with Gasteiger partial charge in [-0.1, -0.05) is 29.8 Å². The van der Waals surface area contributed by atoms with Crippen LogP contribution >= 0.6 is 0 Å². The first-order chi connectivity index (χ1) is 12.0. The van der Waals surface area contributed by atoms with Crippen LogP contribution in [0.4, 0.5) is 5.69 Å².